The minimum absolute atomic E-state index is 0.151. The number of rotatable bonds is 1. The van der Waals surface area contributed by atoms with Gasteiger partial charge in [-0.2, -0.15) is 13.2 Å². The number of hydrogen-bond acceptors (Lipinski definition) is 3. The van der Waals surface area contributed by atoms with Crippen LogP contribution in [0.15, 0.2) is 18.2 Å². The first-order valence-corrected chi connectivity index (χ1v) is 7.86. The SMILES string of the molecule is O=C(NC1CCc2c(O)cccc21)N1CCC(O)(C(F)(F)F)CC1. The van der Waals surface area contributed by atoms with Crippen LogP contribution in [0.4, 0.5) is 18.0 Å². The van der Waals surface area contributed by atoms with E-state index in [2.05, 4.69) is 5.32 Å². The fourth-order valence-corrected chi connectivity index (χ4v) is 3.39. The maximum atomic E-state index is 12.8. The Kier molecular flexibility index (Phi) is 4.11. The van der Waals surface area contributed by atoms with Crippen molar-refractivity contribution in [2.75, 3.05) is 13.1 Å². The van der Waals surface area contributed by atoms with Gasteiger partial charge in [0.05, 0.1) is 6.04 Å². The third kappa shape index (κ3) is 2.90. The van der Waals surface area contributed by atoms with E-state index in [1.54, 1.807) is 12.1 Å². The molecule has 1 aromatic rings. The molecule has 1 heterocycles. The van der Waals surface area contributed by atoms with Crippen LogP contribution in [-0.4, -0.2) is 46.0 Å². The van der Waals surface area contributed by atoms with Crippen molar-refractivity contribution in [3.63, 3.8) is 0 Å². The van der Waals surface area contributed by atoms with E-state index in [1.165, 1.54) is 4.90 Å². The Balaban J connectivity index is 1.61. The number of phenolic OH excluding ortho intramolecular Hbond substituents is 1. The number of aromatic hydroxyl groups is 1. The molecular weight excluding hydrogens is 325 g/mol. The van der Waals surface area contributed by atoms with Crippen molar-refractivity contribution in [2.24, 2.45) is 0 Å². The lowest BCUT2D eigenvalue weighted by molar-refractivity contribution is -0.271. The maximum absolute atomic E-state index is 12.8. The Morgan fingerprint density at radius 2 is 1.96 bits per heavy atom. The Bertz CT molecular complexity index is 640. The molecule has 3 rings (SSSR count). The van der Waals surface area contributed by atoms with Crippen LogP contribution in [0.2, 0.25) is 0 Å². The number of hydrogen-bond donors (Lipinski definition) is 3. The second-order valence-corrected chi connectivity index (χ2v) is 6.40. The van der Waals surface area contributed by atoms with Crippen LogP contribution >= 0.6 is 0 Å². The zero-order chi connectivity index (χ0) is 17.5. The zero-order valence-electron chi connectivity index (χ0n) is 12.9. The zero-order valence-corrected chi connectivity index (χ0v) is 12.9. The molecule has 0 radical (unpaired) electrons. The number of fused-ring (bicyclic) bond motifs is 1. The monoisotopic (exact) mass is 344 g/mol. The molecule has 1 unspecified atom stereocenters. The number of likely N-dealkylation sites (tertiary alicyclic amines) is 1. The minimum atomic E-state index is -4.68. The largest absolute Gasteiger partial charge is 0.508 e. The van der Waals surface area contributed by atoms with Gasteiger partial charge in [-0.25, -0.2) is 4.79 Å². The third-order valence-electron chi connectivity index (χ3n) is 4.95. The van der Waals surface area contributed by atoms with E-state index in [-0.39, 0.29) is 24.9 Å². The number of carbonyl (C=O) groups excluding carboxylic acids is 1. The molecule has 1 aromatic carbocycles. The molecule has 3 N–H and O–H groups in total. The van der Waals surface area contributed by atoms with E-state index in [4.69, 9.17) is 0 Å². The summed E-state index contributed by atoms with van der Waals surface area (Å²) in [7, 11) is 0. The number of nitrogens with one attached hydrogen (secondary N) is 1. The van der Waals surface area contributed by atoms with Gasteiger partial charge in [-0.3, -0.25) is 0 Å². The van der Waals surface area contributed by atoms with E-state index in [0.29, 0.717) is 12.8 Å². The van der Waals surface area contributed by atoms with Crippen LogP contribution in [0.5, 0.6) is 5.75 Å². The van der Waals surface area contributed by atoms with Crippen LogP contribution in [0, 0.1) is 0 Å². The quantitative estimate of drug-likeness (QED) is 0.733. The first kappa shape index (κ1) is 16.9. The minimum Gasteiger partial charge on any atom is -0.508 e. The van der Waals surface area contributed by atoms with Crippen LogP contribution in [0.1, 0.15) is 36.4 Å². The maximum Gasteiger partial charge on any atom is 0.417 e. The summed E-state index contributed by atoms with van der Waals surface area (Å²) in [6.45, 7) is -0.303. The molecule has 1 atom stereocenters. The summed E-state index contributed by atoms with van der Waals surface area (Å²) in [5.41, 5.74) is -1.07. The number of halogens is 3. The van der Waals surface area contributed by atoms with Gasteiger partial charge in [-0.05, 0) is 30.0 Å². The van der Waals surface area contributed by atoms with Crippen molar-refractivity contribution in [3.05, 3.63) is 29.3 Å². The molecule has 1 aliphatic heterocycles. The first-order chi connectivity index (χ1) is 11.2. The number of phenols is 1. The lowest BCUT2D eigenvalue weighted by Crippen LogP contribution is -2.56. The summed E-state index contributed by atoms with van der Waals surface area (Å²) in [6.07, 6.45) is -4.45. The normalized spacial score (nSPS) is 23.0. The molecule has 132 valence electrons. The average molecular weight is 344 g/mol. The third-order valence-corrected chi connectivity index (χ3v) is 4.95. The number of amides is 2. The fraction of sp³-hybridized carbons (Fsp3) is 0.562. The number of benzene rings is 1. The van der Waals surface area contributed by atoms with Crippen molar-refractivity contribution in [1.82, 2.24) is 10.2 Å². The predicted molar refractivity (Wildman–Crippen MR) is 79.5 cm³/mol. The van der Waals surface area contributed by atoms with Crippen molar-refractivity contribution in [1.29, 1.82) is 0 Å². The van der Waals surface area contributed by atoms with Gasteiger partial charge in [-0.1, -0.05) is 12.1 Å². The van der Waals surface area contributed by atoms with Gasteiger partial charge in [0.25, 0.3) is 0 Å². The van der Waals surface area contributed by atoms with Gasteiger partial charge in [-0.15, -0.1) is 0 Å². The van der Waals surface area contributed by atoms with Gasteiger partial charge in [0.1, 0.15) is 5.75 Å². The fourth-order valence-electron chi connectivity index (χ4n) is 3.39. The molecule has 0 aromatic heterocycles. The predicted octanol–water partition coefficient (Wildman–Crippen LogP) is 2.48. The van der Waals surface area contributed by atoms with Crippen molar-refractivity contribution in [2.45, 2.75) is 43.5 Å². The highest BCUT2D eigenvalue weighted by atomic mass is 19.4. The lowest BCUT2D eigenvalue weighted by Gasteiger charge is -2.39. The molecule has 24 heavy (non-hydrogen) atoms. The van der Waals surface area contributed by atoms with Crippen molar-refractivity contribution in [3.8, 4) is 5.75 Å². The topological polar surface area (TPSA) is 72.8 Å². The first-order valence-electron chi connectivity index (χ1n) is 7.86. The van der Waals surface area contributed by atoms with Crippen LogP contribution in [0.25, 0.3) is 0 Å². The molecule has 0 spiro atoms. The molecule has 0 saturated carbocycles. The molecule has 1 fully saturated rings. The number of aliphatic hydroxyl groups is 1. The summed E-state index contributed by atoms with van der Waals surface area (Å²) in [6, 6.07) is 4.41. The molecule has 0 bridgehead atoms. The van der Waals surface area contributed by atoms with Gasteiger partial charge < -0.3 is 20.4 Å². The van der Waals surface area contributed by atoms with Crippen LogP contribution < -0.4 is 5.32 Å². The van der Waals surface area contributed by atoms with Crippen molar-refractivity contribution >= 4 is 6.03 Å². The van der Waals surface area contributed by atoms with Gasteiger partial charge in [0.2, 0.25) is 0 Å². The second kappa shape index (κ2) is 5.84. The molecule has 8 heteroatoms. The smallest absolute Gasteiger partial charge is 0.417 e. The summed E-state index contributed by atoms with van der Waals surface area (Å²) < 4.78 is 38.4. The average Bonchev–Trinajstić information content (AvgIpc) is 2.91. The Morgan fingerprint density at radius 3 is 2.58 bits per heavy atom. The van der Waals surface area contributed by atoms with E-state index in [9.17, 15) is 28.2 Å². The van der Waals surface area contributed by atoms with E-state index in [1.807, 2.05) is 6.07 Å². The molecule has 2 amide bonds. The number of piperidine rings is 1. The van der Waals surface area contributed by atoms with Crippen LogP contribution in [0.3, 0.4) is 0 Å². The van der Waals surface area contributed by atoms with Crippen molar-refractivity contribution < 1.29 is 28.2 Å². The summed E-state index contributed by atoms with van der Waals surface area (Å²) >= 11 is 0. The molecule has 1 aliphatic carbocycles. The standard InChI is InChI=1S/C16H19F3N2O3/c17-16(18,19)15(24)6-8-21(9-7-15)14(23)20-12-5-4-11-10(12)2-1-3-13(11)22/h1-3,12,22,24H,4-9H2,(H,20,23). The second-order valence-electron chi connectivity index (χ2n) is 6.40. The summed E-state index contributed by atoms with van der Waals surface area (Å²) in [5, 5.41) is 22.3. The highest BCUT2D eigenvalue weighted by molar-refractivity contribution is 5.75. The van der Waals surface area contributed by atoms with Gasteiger partial charge in [0.15, 0.2) is 5.60 Å². The van der Waals surface area contributed by atoms with E-state index >= 15 is 0 Å². The molecule has 5 nitrogen and oxygen atoms in total. The van der Waals surface area contributed by atoms with E-state index < -0.39 is 30.7 Å². The van der Waals surface area contributed by atoms with Crippen LogP contribution in [-0.2, 0) is 6.42 Å². The Morgan fingerprint density at radius 1 is 1.29 bits per heavy atom. The number of urea groups is 1. The highest BCUT2D eigenvalue weighted by Gasteiger charge is 2.55. The highest BCUT2D eigenvalue weighted by Crippen LogP contribution is 2.39. The Hall–Kier alpha value is -1.96. The van der Waals surface area contributed by atoms with Gasteiger partial charge >= 0.3 is 12.2 Å². The number of alkyl halides is 3. The molecular formula is C16H19F3N2O3. The Labute approximate surface area is 137 Å². The van der Waals surface area contributed by atoms with Gasteiger partial charge in [0, 0.05) is 25.9 Å². The van der Waals surface area contributed by atoms with E-state index in [0.717, 1.165) is 11.1 Å². The lowest BCUT2D eigenvalue weighted by atomic mass is 9.91. The summed E-state index contributed by atoms with van der Waals surface area (Å²) in [4.78, 5) is 13.6. The molecule has 1 saturated heterocycles. The number of nitrogens with zero attached hydrogens (tertiary/aromatic N) is 1. The summed E-state index contributed by atoms with van der Waals surface area (Å²) in [5.74, 6) is 0.192. The number of carbonyl (C=O) groups is 1. The molecule has 2 aliphatic rings.